The van der Waals surface area contributed by atoms with Crippen LogP contribution in [-0.4, -0.2) is 75.6 Å². The largest absolute Gasteiger partial charge is 0.505 e. The lowest BCUT2D eigenvalue weighted by Crippen LogP contribution is -2.48. The van der Waals surface area contributed by atoms with Gasteiger partial charge >= 0.3 is 0 Å². The Hall–Kier alpha value is -4.11. The number of aromatic nitrogens is 1. The third kappa shape index (κ3) is 7.23. The Kier molecular flexibility index (Phi) is 8.48. The molecule has 0 bridgehead atoms. The molecule has 2 amide bonds. The number of halogens is 1. The Morgan fingerprint density at radius 2 is 1.87 bits per heavy atom. The van der Waals surface area contributed by atoms with Gasteiger partial charge in [0.2, 0.25) is 5.91 Å². The van der Waals surface area contributed by atoms with E-state index in [1.165, 1.54) is 30.5 Å². The van der Waals surface area contributed by atoms with Crippen molar-refractivity contribution in [3.63, 3.8) is 0 Å². The highest BCUT2D eigenvalue weighted by Crippen LogP contribution is 2.29. The molecule has 2 heterocycles. The highest BCUT2D eigenvalue weighted by atomic mass is 19.1. The molecule has 2 aromatic carbocycles. The number of amides is 2. The average Bonchev–Trinajstić information content (AvgIpc) is 2.93. The minimum absolute atomic E-state index is 0.101. The van der Waals surface area contributed by atoms with Gasteiger partial charge in [-0.1, -0.05) is 12.1 Å². The predicted octanol–water partition coefficient (Wildman–Crippen LogP) is 2.14. The van der Waals surface area contributed by atoms with Crippen LogP contribution in [0.4, 0.5) is 10.2 Å². The van der Waals surface area contributed by atoms with Crippen LogP contribution in [0, 0.1) is 5.82 Å². The van der Waals surface area contributed by atoms with Gasteiger partial charge in [0.1, 0.15) is 33.1 Å². The van der Waals surface area contributed by atoms with Gasteiger partial charge in [0.05, 0.1) is 13.2 Å². The molecule has 8 nitrogen and oxygen atoms in total. The summed E-state index contributed by atoms with van der Waals surface area (Å²) >= 11 is 0. The normalized spacial score (nSPS) is 13.9. The SMILES string of the molecule is [B]C([B])(CNC(=O)/C=C/c1ccc(N)nc1)Oc1ccc(F)c(-c2ccc(C(=O)N3CCOCC3)cc2)c1. The van der Waals surface area contributed by atoms with E-state index in [1.54, 1.807) is 47.4 Å². The fourth-order valence-corrected chi connectivity index (χ4v) is 3.76. The number of rotatable bonds is 8. The number of carbonyl (C=O) groups excluding carboxylic acids is 2. The van der Waals surface area contributed by atoms with Gasteiger partial charge in [0, 0.05) is 48.4 Å². The third-order valence-corrected chi connectivity index (χ3v) is 5.76. The zero-order chi connectivity index (χ0) is 27.1. The van der Waals surface area contributed by atoms with E-state index in [0.717, 1.165) is 0 Å². The van der Waals surface area contributed by atoms with Crippen molar-refractivity contribution in [3.8, 4) is 16.9 Å². The van der Waals surface area contributed by atoms with Gasteiger partial charge in [-0.2, -0.15) is 0 Å². The first-order chi connectivity index (χ1) is 18.2. The summed E-state index contributed by atoms with van der Waals surface area (Å²) in [5.41, 5.74) is 7.52. The lowest BCUT2D eigenvalue weighted by Gasteiger charge is -2.28. The number of nitrogen functional groups attached to an aromatic ring is 1. The maximum absolute atomic E-state index is 14.7. The van der Waals surface area contributed by atoms with Crippen LogP contribution in [0.1, 0.15) is 15.9 Å². The number of pyridine rings is 1. The molecule has 3 N–H and O–H groups in total. The van der Waals surface area contributed by atoms with Crippen LogP contribution in [0.2, 0.25) is 0 Å². The maximum Gasteiger partial charge on any atom is 0.254 e. The van der Waals surface area contributed by atoms with Crippen molar-refractivity contribution in [2.24, 2.45) is 0 Å². The number of morpholine rings is 1. The standard InChI is InChI=1S/C27H25B2FN4O4/c28-27(29,17-33-25(35)10-2-18-1-9-24(31)32-16-18)38-21-7-8-23(30)22(15-21)19-3-5-20(6-4-19)26(36)34-11-13-37-14-12-34/h1-10,15-16H,11-14,17H2,(H2,31,32)(H,33,35)/b10-2+. The number of anilines is 1. The average molecular weight is 510 g/mol. The molecule has 1 aromatic heterocycles. The molecule has 0 saturated carbocycles. The molecule has 0 unspecified atom stereocenters. The molecule has 190 valence electrons. The number of hydrogen-bond donors (Lipinski definition) is 2. The van der Waals surface area contributed by atoms with Gasteiger partial charge in [-0.3, -0.25) is 9.59 Å². The molecule has 11 heteroatoms. The number of benzene rings is 2. The van der Waals surface area contributed by atoms with Crippen molar-refractivity contribution in [1.29, 1.82) is 0 Å². The second-order valence-corrected chi connectivity index (χ2v) is 8.75. The number of nitrogens with two attached hydrogens (primary N) is 1. The number of carbonyl (C=O) groups is 2. The second kappa shape index (κ2) is 12.0. The summed E-state index contributed by atoms with van der Waals surface area (Å²) in [4.78, 5) is 30.5. The van der Waals surface area contributed by atoms with Crippen LogP contribution in [0.25, 0.3) is 17.2 Å². The van der Waals surface area contributed by atoms with E-state index in [-0.39, 0.29) is 23.8 Å². The van der Waals surface area contributed by atoms with Crippen molar-refractivity contribution >= 4 is 39.4 Å². The van der Waals surface area contributed by atoms with Crippen LogP contribution in [-0.2, 0) is 9.53 Å². The van der Waals surface area contributed by atoms with E-state index in [2.05, 4.69) is 10.3 Å². The van der Waals surface area contributed by atoms with Gasteiger partial charge < -0.3 is 25.4 Å². The first kappa shape index (κ1) is 26.9. The van der Waals surface area contributed by atoms with Crippen molar-refractivity contribution in [1.82, 2.24) is 15.2 Å². The Morgan fingerprint density at radius 3 is 2.55 bits per heavy atom. The fourth-order valence-electron chi connectivity index (χ4n) is 3.76. The number of ether oxygens (including phenoxy) is 2. The minimum atomic E-state index is -1.77. The number of nitrogens with one attached hydrogen (secondary N) is 1. The van der Waals surface area contributed by atoms with Crippen LogP contribution in [0.15, 0.2) is 66.9 Å². The van der Waals surface area contributed by atoms with Crippen molar-refractivity contribution < 1.29 is 23.5 Å². The summed E-state index contributed by atoms with van der Waals surface area (Å²) in [6.45, 7) is 1.86. The van der Waals surface area contributed by atoms with Gasteiger partial charge in [-0.05, 0) is 59.7 Å². The van der Waals surface area contributed by atoms with Crippen molar-refractivity contribution in [2.45, 2.75) is 5.40 Å². The Bertz CT molecular complexity index is 1310. The fraction of sp³-hybridized carbons (Fsp3) is 0.222. The molecule has 1 fully saturated rings. The van der Waals surface area contributed by atoms with E-state index < -0.39 is 17.1 Å². The van der Waals surface area contributed by atoms with E-state index >= 15 is 0 Å². The molecule has 38 heavy (non-hydrogen) atoms. The maximum atomic E-state index is 14.7. The quantitative estimate of drug-likeness (QED) is 0.356. The van der Waals surface area contributed by atoms with E-state index in [0.29, 0.717) is 48.8 Å². The van der Waals surface area contributed by atoms with Crippen LogP contribution >= 0.6 is 0 Å². The molecular weight excluding hydrogens is 485 g/mol. The Morgan fingerprint density at radius 1 is 1.13 bits per heavy atom. The predicted molar refractivity (Wildman–Crippen MR) is 144 cm³/mol. The van der Waals surface area contributed by atoms with Crippen LogP contribution < -0.4 is 15.8 Å². The summed E-state index contributed by atoms with van der Waals surface area (Å²) in [6.07, 6.45) is 4.39. The molecule has 4 radical (unpaired) electrons. The summed E-state index contributed by atoms with van der Waals surface area (Å²) in [5, 5.41) is 0.795. The molecule has 1 aliphatic rings. The molecule has 0 spiro atoms. The van der Waals surface area contributed by atoms with E-state index in [4.69, 9.17) is 30.9 Å². The zero-order valence-corrected chi connectivity index (χ0v) is 20.6. The molecule has 1 saturated heterocycles. The van der Waals surface area contributed by atoms with Crippen molar-refractivity contribution in [2.75, 3.05) is 38.6 Å². The highest BCUT2D eigenvalue weighted by molar-refractivity contribution is 6.39. The van der Waals surface area contributed by atoms with Gasteiger partial charge in [-0.15, -0.1) is 0 Å². The molecule has 3 aromatic rings. The van der Waals surface area contributed by atoms with Crippen LogP contribution in [0.3, 0.4) is 0 Å². The summed E-state index contributed by atoms with van der Waals surface area (Å²) in [6, 6.07) is 14.0. The van der Waals surface area contributed by atoms with E-state index in [9.17, 15) is 14.0 Å². The zero-order valence-electron chi connectivity index (χ0n) is 20.6. The molecule has 0 atom stereocenters. The Balaban J connectivity index is 1.38. The monoisotopic (exact) mass is 510 g/mol. The second-order valence-electron chi connectivity index (χ2n) is 8.75. The van der Waals surface area contributed by atoms with Gasteiger partial charge in [-0.25, -0.2) is 9.37 Å². The topological polar surface area (TPSA) is 107 Å². The molecule has 4 rings (SSSR count). The molecular formula is C27H25B2FN4O4. The van der Waals surface area contributed by atoms with Crippen molar-refractivity contribution in [3.05, 3.63) is 83.8 Å². The van der Waals surface area contributed by atoms with E-state index in [1.807, 2.05) is 0 Å². The lowest BCUT2D eigenvalue weighted by molar-refractivity contribution is -0.116. The summed E-state index contributed by atoms with van der Waals surface area (Å²) in [7, 11) is 12.0. The van der Waals surface area contributed by atoms with Gasteiger partial charge in [0.15, 0.2) is 0 Å². The third-order valence-electron chi connectivity index (χ3n) is 5.76. The van der Waals surface area contributed by atoms with Crippen LogP contribution in [0.5, 0.6) is 5.75 Å². The number of hydrogen-bond acceptors (Lipinski definition) is 6. The molecule has 1 aliphatic heterocycles. The summed E-state index contributed by atoms with van der Waals surface area (Å²) in [5.74, 6) is -0.454. The smallest absolute Gasteiger partial charge is 0.254 e. The first-order valence-corrected chi connectivity index (χ1v) is 11.9. The molecule has 0 aliphatic carbocycles. The Labute approximate surface area is 222 Å². The summed E-state index contributed by atoms with van der Waals surface area (Å²) < 4.78 is 25.6. The highest BCUT2D eigenvalue weighted by Gasteiger charge is 2.21. The number of nitrogens with zero attached hydrogens (tertiary/aromatic N) is 2. The minimum Gasteiger partial charge on any atom is -0.505 e. The first-order valence-electron chi connectivity index (χ1n) is 11.9. The lowest BCUT2D eigenvalue weighted by atomic mass is 9.65. The van der Waals surface area contributed by atoms with Gasteiger partial charge in [0.25, 0.3) is 5.91 Å².